The molecule has 1 aromatic rings. The first kappa shape index (κ1) is 8.47. The number of rotatable bonds is 3. The minimum Gasteiger partial charge on any atom is -0.211 e. The van der Waals surface area contributed by atoms with Crippen molar-refractivity contribution in [2.45, 2.75) is 6.42 Å². The molecule has 0 atom stereocenters. The lowest BCUT2D eigenvalue weighted by Crippen LogP contribution is -1.83. The monoisotopic (exact) mass is 187 g/mol. The minimum absolute atomic E-state index is 0.500. The van der Waals surface area contributed by atoms with Gasteiger partial charge in [0.15, 0.2) is 0 Å². The fourth-order valence-corrected chi connectivity index (χ4v) is 1.76. The zero-order valence-corrected chi connectivity index (χ0v) is 7.28. The molecular weight excluding hydrogens is 182 g/mol. The highest BCUT2D eigenvalue weighted by Crippen LogP contribution is 2.19. The van der Waals surface area contributed by atoms with E-state index in [0.29, 0.717) is 6.54 Å². The lowest BCUT2D eigenvalue weighted by Gasteiger charge is -1.86. The van der Waals surface area contributed by atoms with E-state index in [1.807, 2.05) is 11.4 Å². The molecule has 1 heterocycles. The fraction of sp³-hybridized carbons (Fsp3) is 0.286. The predicted molar refractivity (Wildman–Crippen MR) is 46.0 cm³/mol. The Morgan fingerprint density at radius 1 is 1.73 bits per heavy atom. The van der Waals surface area contributed by atoms with Crippen molar-refractivity contribution in [1.82, 2.24) is 0 Å². The Hall–Kier alpha value is -0.630. The van der Waals surface area contributed by atoms with E-state index in [4.69, 9.17) is 11.6 Å². The van der Waals surface area contributed by atoms with Crippen LogP contribution < -0.4 is 0 Å². The first-order chi connectivity index (χ1) is 5.33. The molecule has 0 fully saturated rings. The number of carbonyl (C=O) groups excluding carboxylic acids is 1. The average molecular weight is 188 g/mol. The molecule has 0 aliphatic heterocycles. The third-order valence-corrected chi connectivity index (χ3v) is 2.50. The second-order valence-electron chi connectivity index (χ2n) is 1.95. The summed E-state index contributed by atoms with van der Waals surface area (Å²) in [5.41, 5.74) is 0. The molecule has 11 heavy (non-hydrogen) atoms. The van der Waals surface area contributed by atoms with Crippen molar-refractivity contribution in [2.24, 2.45) is 4.99 Å². The summed E-state index contributed by atoms with van der Waals surface area (Å²) in [5.74, 6) is 0. The molecule has 4 heteroatoms. The van der Waals surface area contributed by atoms with Crippen LogP contribution in [-0.4, -0.2) is 12.6 Å². The van der Waals surface area contributed by atoms with Gasteiger partial charge in [0.05, 0.1) is 11.6 Å². The molecule has 0 amide bonds. The van der Waals surface area contributed by atoms with E-state index in [1.54, 1.807) is 11.3 Å². The van der Waals surface area contributed by atoms with Gasteiger partial charge in [-0.05, 0) is 6.07 Å². The number of hydrogen-bond donors (Lipinski definition) is 0. The quantitative estimate of drug-likeness (QED) is 0.527. The van der Waals surface area contributed by atoms with Crippen LogP contribution in [0.1, 0.15) is 4.88 Å². The maximum Gasteiger partial charge on any atom is 0.234 e. The maximum absolute atomic E-state index is 9.69. The molecule has 1 aromatic heterocycles. The highest BCUT2D eigenvalue weighted by atomic mass is 35.5. The average Bonchev–Trinajstić information content (AvgIpc) is 2.37. The van der Waals surface area contributed by atoms with Gasteiger partial charge in [0, 0.05) is 16.7 Å². The molecule has 0 radical (unpaired) electrons. The van der Waals surface area contributed by atoms with Crippen molar-refractivity contribution >= 4 is 29.0 Å². The summed E-state index contributed by atoms with van der Waals surface area (Å²) in [7, 11) is 0. The molecule has 0 aromatic carbocycles. The van der Waals surface area contributed by atoms with Gasteiger partial charge in [-0.25, -0.2) is 9.79 Å². The van der Waals surface area contributed by atoms with Gasteiger partial charge < -0.3 is 0 Å². The molecule has 0 aliphatic carbocycles. The van der Waals surface area contributed by atoms with Gasteiger partial charge in [-0.1, -0.05) is 11.6 Å². The molecule has 0 spiro atoms. The summed E-state index contributed by atoms with van der Waals surface area (Å²) in [6.45, 7) is 0.500. The van der Waals surface area contributed by atoms with E-state index < -0.39 is 0 Å². The number of aliphatic imine (C=N–C) groups is 1. The van der Waals surface area contributed by atoms with Crippen LogP contribution in [0.15, 0.2) is 16.4 Å². The topological polar surface area (TPSA) is 29.4 Å². The van der Waals surface area contributed by atoms with Gasteiger partial charge in [0.2, 0.25) is 6.08 Å². The maximum atomic E-state index is 9.69. The van der Waals surface area contributed by atoms with Crippen LogP contribution in [0.4, 0.5) is 0 Å². The molecule has 1 rings (SSSR count). The van der Waals surface area contributed by atoms with Crippen molar-refractivity contribution in [3.05, 3.63) is 21.3 Å². The molecule has 0 saturated heterocycles. The van der Waals surface area contributed by atoms with Crippen LogP contribution in [0, 0.1) is 0 Å². The Morgan fingerprint density at radius 3 is 3.09 bits per heavy atom. The molecule has 58 valence electrons. The van der Waals surface area contributed by atoms with E-state index in [2.05, 4.69) is 4.99 Å². The molecule has 0 N–H and O–H groups in total. The van der Waals surface area contributed by atoms with Gasteiger partial charge in [0.25, 0.3) is 0 Å². The molecular formula is C7H6ClNOS. The lowest BCUT2D eigenvalue weighted by atomic mass is 10.3. The zero-order chi connectivity index (χ0) is 8.10. The minimum atomic E-state index is 0.500. The molecule has 0 aliphatic rings. The molecule has 0 bridgehead atoms. The number of halogens is 1. The molecule has 0 saturated carbocycles. The van der Waals surface area contributed by atoms with Gasteiger partial charge >= 0.3 is 0 Å². The lowest BCUT2D eigenvalue weighted by molar-refractivity contribution is 0.563. The third kappa shape index (κ3) is 2.85. The highest BCUT2D eigenvalue weighted by Gasteiger charge is 1.95. The SMILES string of the molecule is O=C=NCCc1cc(Cl)cs1. The van der Waals surface area contributed by atoms with Crippen molar-refractivity contribution in [2.75, 3.05) is 6.54 Å². The van der Waals surface area contributed by atoms with Crippen LogP contribution in [0.3, 0.4) is 0 Å². The third-order valence-electron chi connectivity index (χ3n) is 1.16. The van der Waals surface area contributed by atoms with Gasteiger partial charge in [0.1, 0.15) is 0 Å². The van der Waals surface area contributed by atoms with E-state index in [0.717, 1.165) is 16.3 Å². The predicted octanol–water partition coefficient (Wildman–Crippen LogP) is 2.28. The zero-order valence-electron chi connectivity index (χ0n) is 5.71. The highest BCUT2D eigenvalue weighted by molar-refractivity contribution is 7.10. The number of thiophene rings is 1. The van der Waals surface area contributed by atoms with Crippen molar-refractivity contribution in [1.29, 1.82) is 0 Å². The van der Waals surface area contributed by atoms with Crippen LogP contribution in [0.5, 0.6) is 0 Å². The summed E-state index contributed by atoms with van der Waals surface area (Å²) in [4.78, 5) is 14.3. The first-order valence-electron chi connectivity index (χ1n) is 3.09. The Kier molecular flexibility index (Phi) is 3.30. The fourth-order valence-electron chi connectivity index (χ4n) is 0.697. The van der Waals surface area contributed by atoms with Crippen molar-refractivity contribution in [3.63, 3.8) is 0 Å². The summed E-state index contributed by atoms with van der Waals surface area (Å²) < 4.78 is 0. The summed E-state index contributed by atoms with van der Waals surface area (Å²) in [6.07, 6.45) is 2.26. The largest absolute Gasteiger partial charge is 0.234 e. The van der Waals surface area contributed by atoms with Crippen LogP contribution in [-0.2, 0) is 11.2 Å². The molecule has 2 nitrogen and oxygen atoms in total. The van der Waals surface area contributed by atoms with Gasteiger partial charge in [-0.2, -0.15) is 0 Å². The number of nitrogens with zero attached hydrogens (tertiary/aromatic N) is 1. The Morgan fingerprint density at radius 2 is 2.55 bits per heavy atom. The smallest absolute Gasteiger partial charge is 0.211 e. The Bertz CT molecular complexity index is 278. The Balaban J connectivity index is 2.44. The van der Waals surface area contributed by atoms with Gasteiger partial charge in [-0.15, -0.1) is 11.3 Å². The number of isocyanates is 1. The second-order valence-corrected chi connectivity index (χ2v) is 3.39. The van der Waals surface area contributed by atoms with Crippen molar-refractivity contribution < 1.29 is 4.79 Å². The van der Waals surface area contributed by atoms with Crippen LogP contribution in [0.2, 0.25) is 5.02 Å². The summed E-state index contributed by atoms with van der Waals surface area (Å²) in [6, 6.07) is 1.88. The van der Waals surface area contributed by atoms with E-state index in [-0.39, 0.29) is 0 Å². The molecule has 0 unspecified atom stereocenters. The van der Waals surface area contributed by atoms with E-state index in [9.17, 15) is 4.79 Å². The first-order valence-corrected chi connectivity index (χ1v) is 4.35. The summed E-state index contributed by atoms with van der Waals surface area (Å²) in [5, 5.41) is 2.61. The standard InChI is InChI=1S/C7H6ClNOS/c8-6-3-7(11-4-6)1-2-9-5-10/h3-4H,1-2H2. The second kappa shape index (κ2) is 4.29. The van der Waals surface area contributed by atoms with Crippen molar-refractivity contribution in [3.8, 4) is 0 Å². The van der Waals surface area contributed by atoms with E-state index in [1.165, 1.54) is 6.08 Å². The normalized spacial score (nSPS) is 9.18. The Labute approximate surface area is 73.5 Å². The van der Waals surface area contributed by atoms with Gasteiger partial charge in [-0.3, -0.25) is 0 Å². The van der Waals surface area contributed by atoms with Crippen LogP contribution >= 0.6 is 22.9 Å². The van der Waals surface area contributed by atoms with Crippen LogP contribution in [0.25, 0.3) is 0 Å². The van der Waals surface area contributed by atoms with E-state index >= 15 is 0 Å². The number of hydrogen-bond acceptors (Lipinski definition) is 3. The summed E-state index contributed by atoms with van der Waals surface area (Å²) >= 11 is 7.25.